The van der Waals surface area contributed by atoms with Crippen LogP contribution < -0.4 is 10.6 Å². The number of nitrogens with one attached hydrogen (secondary N) is 2. The maximum atomic E-state index is 6.02. The number of hydrogen-bond donors (Lipinski definition) is 2. The maximum absolute atomic E-state index is 6.02. The minimum Gasteiger partial charge on any atom is -0.352 e. The van der Waals surface area contributed by atoms with Crippen LogP contribution in [0.5, 0.6) is 0 Å². The van der Waals surface area contributed by atoms with Crippen LogP contribution in [0.25, 0.3) is 11.4 Å². The highest BCUT2D eigenvalue weighted by Crippen LogP contribution is 2.33. The maximum Gasteiger partial charge on any atom is 0.246 e. The Morgan fingerprint density at radius 3 is 2.93 bits per heavy atom. The molecule has 2 unspecified atom stereocenters. The van der Waals surface area contributed by atoms with Gasteiger partial charge in [0.05, 0.1) is 6.54 Å². The lowest BCUT2D eigenvalue weighted by atomic mass is 10.2. The summed E-state index contributed by atoms with van der Waals surface area (Å²) in [7, 11) is 1.78. The largest absolute Gasteiger partial charge is 0.352 e. The summed E-state index contributed by atoms with van der Waals surface area (Å²) in [5.41, 5.74) is 0.833. The summed E-state index contributed by atoms with van der Waals surface area (Å²) < 4.78 is 5.34. The van der Waals surface area contributed by atoms with Gasteiger partial charge in [-0.3, -0.25) is 9.89 Å². The Bertz CT molecular complexity index is 824. The van der Waals surface area contributed by atoms with Gasteiger partial charge < -0.3 is 15.2 Å². The van der Waals surface area contributed by atoms with Crippen molar-refractivity contribution in [2.24, 2.45) is 4.99 Å². The summed E-state index contributed by atoms with van der Waals surface area (Å²) in [5, 5.41) is 11.5. The minimum atomic E-state index is 0. The van der Waals surface area contributed by atoms with E-state index in [4.69, 9.17) is 16.1 Å². The first-order valence-corrected chi connectivity index (χ1v) is 9.81. The first-order valence-electron chi connectivity index (χ1n) is 9.44. The molecule has 0 spiro atoms. The fraction of sp³-hybridized carbons (Fsp3) is 0.526. The van der Waals surface area contributed by atoms with Crippen LogP contribution >= 0.6 is 35.6 Å². The van der Waals surface area contributed by atoms with Gasteiger partial charge in [-0.2, -0.15) is 4.98 Å². The molecule has 1 aliphatic carbocycles. The first-order chi connectivity index (χ1) is 13.1. The van der Waals surface area contributed by atoms with E-state index in [-0.39, 0.29) is 24.0 Å². The summed E-state index contributed by atoms with van der Waals surface area (Å²) in [4.78, 5) is 11.4. The summed E-state index contributed by atoms with van der Waals surface area (Å²) in [6, 6.07) is 9.24. The quantitative estimate of drug-likeness (QED) is 0.361. The van der Waals surface area contributed by atoms with Crippen LogP contribution in [0.15, 0.2) is 33.8 Å². The summed E-state index contributed by atoms with van der Waals surface area (Å²) in [6.45, 7) is 3.81. The molecule has 1 aliphatic heterocycles. The van der Waals surface area contributed by atoms with E-state index in [1.54, 1.807) is 7.05 Å². The molecule has 2 atom stereocenters. The number of nitrogens with zero attached hydrogens (tertiary/aromatic N) is 4. The van der Waals surface area contributed by atoms with Crippen molar-refractivity contribution in [3.8, 4) is 11.4 Å². The number of aliphatic imine (C=N–C) groups is 1. The normalized spacial score (nSPS) is 22.8. The highest BCUT2D eigenvalue weighted by atomic mass is 127. The van der Waals surface area contributed by atoms with Crippen LogP contribution in [0, 0.1) is 0 Å². The lowest BCUT2D eigenvalue weighted by molar-refractivity contribution is 0.256. The van der Waals surface area contributed by atoms with Crippen molar-refractivity contribution in [2.75, 3.05) is 13.6 Å². The number of benzene rings is 1. The zero-order valence-corrected chi connectivity index (χ0v) is 19.1. The molecule has 4 rings (SSSR count). The average Bonchev–Trinajstić information content (AvgIpc) is 3.27. The zero-order valence-electron chi connectivity index (χ0n) is 16.1. The van der Waals surface area contributed by atoms with Gasteiger partial charge in [0, 0.05) is 42.3 Å². The van der Waals surface area contributed by atoms with Gasteiger partial charge >= 0.3 is 0 Å². The molecule has 9 heteroatoms. The molecule has 0 amide bonds. The van der Waals surface area contributed by atoms with E-state index in [0.29, 0.717) is 35.4 Å². The van der Waals surface area contributed by atoms with E-state index in [0.717, 1.165) is 30.5 Å². The molecule has 0 bridgehead atoms. The van der Waals surface area contributed by atoms with Crippen molar-refractivity contribution >= 4 is 41.5 Å². The number of halogens is 2. The number of guanidine groups is 1. The van der Waals surface area contributed by atoms with Crippen LogP contribution in [0.1, 0.15) is 32.1 Å². The zero-order chi connectivity index (χ0) is 18.8. The van der Waals surface area contributed by atoms with Gasteiger partial charge in [-0.15, -0.1) is 24.0 Å². The van der Waals surface area contributed by atoms with E-state index in [1.807, 2.05) is 24.3 Å². The Kier molecular flexibility index (Phi) is 7.16. The van der Waals surface area contributed by atoms with E-state index in [9.17, 15) is 0 Å². The molecule has 152 valence electrons. The van der Waals surface area contributed by atoms with Crippen molar-refractivity contribution in [1.82, 2.24) is 25.7 Å². The Balaban J connectivity index is 0.00000225. The van der Waals surface area contributed by atoms with Crippen LogP contribution in [0.3, 0.4) is 0 Å². The van der Waals surface area contributed by atoms with Crippen LogP contribution in [0.2, 0.25) is 5.02 Å². The van der Waals surface area contributed by atoms with Crippen molar-refractivity contribution in [3.63, 3.8) is 0 Å². The van der Waals surface area contributed by atoms with Crippen molar-refractivity contribution in [2.45, 2.75) is 50.9 Å². The van der Waals surface area contributed by atoms with Gasteiger partial charge in [0.2, 0.25) is 11.7 Å². The fourth-order valence-electron chi connectivity index (χ4n) is 3.69. The van der Waals surface area contributed by atoms with E-state index < -0.39 is 0 Å². The van der Waals surface area contributed by atoms with Gasteiger partial charge in [-0.05, 0) is 38.3 Å². The summed E-state index contributed by atoms with van der Waals surface area (Å²) in [6.07, 6.45) is 3.82. The molecule has 2 heterocycles. The molecule has 2 aromatic rings. The molecule has 2 fully saturated rings. The second kappa shape index (κ2) is 9.41. The smallest absolute Gasteiger partial charge is 0.246 e. The number of hydrogen-bond acceptors (Lipinski definition) is 5. The molecule has 7 nitrogen and oxygen atoms in total. The lowest BCUT2D eigenvalue weighted by Gasteiger charge is -2.20. The van der Waals surface area contributed by atoms with Crippen molar-refractivity contribution < 1.29 is 4.52 Å². The third kappa shape index (κ3) is 5.15. The topological polar surface area (TPSA) is 78.6 Å². The molecule has 0 radical (unpaired) electrons. The van der Waals surface area contributed by atoms with E-state index >= 15 is 0 Å². The number of rotatable bonds is 5. The lowest BCUT2D eigenvalue weighted by Crippen LogP contribution is -2.44. The van der Waals surface area contributed by atoms with E-state index in [2.05, 4.69) is 37.6 Å². The molecular weight excluding hydrogens is 491 g/mol. The Morgan fingerprint density at radius 2 is 2.21 bits per heavy atom. The second-order valence-electron chi connectivity index (χ2n) is 7.30. The van der Waals surface area contributed by atoms with Crippen LogP contribution in [-0.2, 0) is 6.54 Å². The Labute approximate surface area is 187 Å². The molecular formula is C19H26ClIN6O. The minimum absolute atomic E-state index is 0. The Hall–Kier alpha value is -1.39. The van der Waals surface area contributed by atoms with Gasteiger partial charge in [0.15, 0.2) is 5.96 Å². The monoisotopic (exact) mass is 516 g/mol. The molecule has 2 N–H and O–H groups in total. The van der Waals surface area contributed by atoms with E-state index in [1.165, 1.54) is 12.8 Å². The fourth-order valence-corrected chi connectivity index (χ4v) is 3.88. The van der Waals surface area contributed by atoms with Gasteiger partial charge in [-0.1, -0.05) is 28.9 Å². The third-order valence-electron chi connectivity index (χ3n) is 5.16. The molecule has 2 aliphatic rings. The number of likely N-dealkylation sites (tertiary alicyclic amines) is 1. The van der Waals surface area contributed by atoms with Gasteiger partial charge in [0.1, 0.15) is 0 Å². The molecule has 28 heavy (non-hydrogen) atoms. The van der Waals surface area contributed by atoms with Crippen LogP contribution in [-0.4, -0.2) is 52.7 Å². The van der Waals surface area contributed by atoms with Crippen molar-refractivity contribution in [3.05, 3.63) is 35.2 Å². The highest BCUT2D eigenvalue weighted by molar-refractivity contribution is 14.0. The summed E-state index contributed by atoms with van der Waals surface area (Å²) >= 11 is 6.02. The Morgan fingerprint density at radius 1 is 1.39 bits per heavy atom. The number of aromatic nitrogens is 2. The highest BCUT2D eigenvalue weighted by Gasteiger charge is 2.38. The van der Waals surface area contributed by atoms with Gasteiger partial charge in [0.25, 0.3) is 0 Å². The molecule has 1 saturated heterocycles. The molecule has 1 saturated carbocycles. The van der Waals surface area contributed by atoms with Crippen LogP contribution in [0.4, 0.5) is 0 Å². The summed E-state index contributed by atoms with van der Waals surface area (Å²) in [5.74, 6) is 1.79. The van der Waals surface area contributed by atoms with Crippen molar-refractivity contribution in [1.29, 1.82) is 0 Å². The molecule has 1 aromatic heterocycles. The average molecular weight is 517 g/mol. The first kappa shape index (κ1) is 21.3. The SMILES string of the molecule is CN=C(NCc1nc(-c2cccc(Cl)c2)no1)NC1CC(C)N(C2CC2)C1.I. The standard InChI is InChI=1S/C19H25ClN6O.HI/c1-12-8-15(11-26(12)16-6-7-16)23-19(21-2)22-10-17-24-18(25-27-17)13-4-3-5-14(20)9-13;/h3-5,9,12,15-16H,6-8,10-11H2,1-2H3,(H2,21,22,23);1H. The van der Waals surface area contributed by atoms with Gasteiger partial charge in [-0.25, -0.2) is 0 Å². The predicted molar refractivity (Wildman–Crippen MR) is 121 cm³/mol. The predicted octanol–water partition coefficient (Wildman–Crippen LogP) is 3.30. The molecule has 1 aromatic carbocycles. The second-order valence-corrected chi connectivity index (χ2v) is 7.74. The third-order valence-corrected chi connectivity index (χ3v) is 5.40.